The predicted octanol–water partition coefficient (Wildman–Crippen LogP) is 6.76. The van der Waals surface area contributed by atoms with Crippen LogP contribution in [-0.4, -0.2) is 28.2 Å². The predicted molar refractivity (Wildman–Crippen MR) is 113 cm³/mol. The van der Waals surface area contributed by atoms with Crippen LogP contribution in [0.25, 0.3) is 0 Å². The molecule has 0 amide bonds. The Kier molecular flexibility index (Phi) is 13.4. The van der Waals surface area contributed by atoms with E-state index in [-0.39, 0.29) is 22.3 Å². The largest absolute Gasteiger partial charge is 0.290 e. The average molecular weight is 422 g/mol. The SMILES string of the molecule is O=C1C=CC(=O)C(CC(Cl)C(Cl)CCCCCCCCCCCCCl)=C1. The lowest BCUT2D eigenvalue weighted by atomic mass is 9.97. The van der Waals surface area contributed by atoms with Crippen molar-refractivity contribution in [1.29, 1.82) is 0 Å². The summed E-state index contributed by atoms with van der Waals surface area (Å²) in [6.07, 6.45) is 17.6. The van der Waals surface area contributed by atoms with Crippen molar-refractivity contribution >= 4 is 46.4 Å². The number of halogens is 3. The fourth-order valence-electron chi connectivity index (χ4n) is 3.08. The standard InChI is InChI=1S/C21H31Cl3O2/c22-14-10-8-6-4-2-1-3-5-7-9-11-19(23)20(24)16-17-15-18(25)12-13-21(17)26/h12-13,15,19-20H,1-11,14,16H2. The van der Waals surface area contributed by atoms with Crippen molar-refractivity contribution in [2.45, 2.75) is 87.8 Å². The van der Waals surface area contributed by atoms with Crippen LogP contribution in [0.2, 0.25) is 0 Å². The molecule has 0 spiro atoms. The number of hydrogen-bond acceptors (Lipinski definition) is 2. The van der Waals surface area contributed by atoms with Crippen molar-refractivity contribution < 1.29 is 9.59 Å². The van der Waals surface area contributed by atoms with Gasteiger partial charge in [0.05, 0.1) is 10.8 Å². The molecule has 148 valence electrons. The fourth-order valence-corrected chi connectivity index (χ4v) is 3.81. The first-order chi connectivity index (χ1) is 12.5. The molecule has 2 atom stereocenters. The molecule has 0 bridgehead atoms. The van der Waals surface area contributed by atoms with Crippen LogP contribution < -0.4 is 0 Å². The molecule has 1 aliphatic carbocycles. The second kappa shape index (κ2) is 14.7. The molecular weight excluding hydrogens is 391 g/mol. The van der Waals surface area contributed by atoms with E-state index in [2.05, 4.69) is 0 Å². The third kappa shape index (κ3) is 10.7. The lowest BCUT2D eigenvalue weighted by Gasteiger charge is -2.17. The minimum absolute atomic E-state index is 0.137. The maximum Gasteiger partial charge on any atom is 0.182 e. The van der Waals surface area contributed by atoms with Crippen LogP contribution in [0.5, 0.6) is 0 Å². The molecule has 0 aliphatic heterocycles. The molecule has 1 rings (SSSR count). The third-order valence-electron chi connectivity index (χ3n) is 4.70. The van der Waals surface area contributed by atoms with E-state index < -0.39 is 0 Å². The molecule has 2 nitrogen and oxygen atoms in total. The minimum Gasteiger partial charge on any atom is -0.290 e. The van der Waals surface area contributed by atoms with Crippen molar-refractivity contribution in [3.05, 3.63) is 23.8 Å². The summed E-state index contributed by atoms with van der Waals surface area (Å²) in [5.74, 6) is 0.490. The number of carbonyl (C=O) groups is 2. The van der Waals surface area contributed by atoms with E-state index in [0.717, 1.165) is 25.1 Å². The first-order valence-corrected chi connectivity index (χ1v) is 11.3. The Labute approximate surface area is 173 Å². The molecule has 0 N–H and O–H groups in total. The highest BCUT2D eigenvalue weighted by atomic mass is 35.5. The molecule has 0 aromatic rings. The first kappa shape index (κ1) is 23.7. The first-order valence-electron chi connectivity index (χ1n) is 9.85. The maximum atomic E-state index is 11.7. The van der Waals surface area contributed by atoms with E-state index >= 15 is 0 Å². The summed E-state index contributed by atoms with van der Waals surface area (Å²) < 4.78 is 0. The molecule has 1 aliphatic rings. The molecule has 0 radical (unpaired) electrons. The lowest BCUT2D eigenvalue weighted by molar-refractivity contribution is -0.114. The van der Waals surface area contributed by atoms with Crippen molar-refractivity contribution in [2.75, 3.05) is 5.88 Å². The second-order valence-electron chi connectivity index (χ2n) is 7.02. The zero-order chi connectivity index (χ0) is 19.2. The molecule has 0 aromatic heterocycles. The quantitative estimate of drug-likeness (QED) is 0.166. The number of ketones is 2. The summed E-state index contributed by atoms with van der Waals surface area (Å²) in [6.45, 7) is 0. The zero-order valence-electron chi connectivity index (χ0n) is 15.5. The van der Waals surface area contributed by atoms with Crippen LogP contribution in [-0.2, 0) is 9.59 Å². The van der Waals surface area contributed by atoms with Crippen LogP contribution in [0.3, 0.4) is 0 Å². The number of alkyl halides is 3. The summed E-state index contributed by atoms with van der Waals surface area (Å²) in [6, 6.07) is 0. The van der Waals surface area contributed by atoms with Crippen molar-refractivity contribution in [3.63, 3.8) is 0 Å². The van der Waals surface area contributed by atoms with Gasteiger partial charge in [-0.1, -0.05) is 57.8 Å². The van der Waals surface area contributed by atoms with Gasteiger partial charge in [-0.05, 0) is 37.5 Å². The average Bonchev–Trinajstić information content (AvgIpc) is 2.62. The summed E-state index contributed by atoms with van der Waals surface area (Å²) in [5, 5.41) is -0.493. The minimum atomic E-state index is -0.320. The number of unbranched alkanes of at least 4 members (excludes halogenated alkanes) is 9. The van der Waals surface area contributed by atoms with Gasteiger partial charge in [-0.25, -0.2) is 0 Å². The summed E-state index contributed by atoms with van der Waals surface area (Å²) in [7, 11) is 0. The lowest BCUT2D eigenvalue weighted by Crippen LogP contribution is -2.19. The number of rotatable bonds is 15. The third-order valence-corrected chi connectivity index (χ3v) is 6.08. The summed E-state index contributed by atoms with van der Waals surface area (Å²) in [5.41, 5.74) is 0.467. The van der Waals surface area contributed by atoms with Crippen LogP contribution in [0, 0.1) is 0 Å². The van der Waals surface area contributed by atoms with E-state index in [1.54, 1.807) is 0 Å². The van der Waals surface area contributed by atoms with E-state index in [1.165, 1.54) is 69.6 Å². The van der Waals surface area contributed by atoms with Gasteiger partial charge in [-0.15, -0.1) is 34.8 Å². The smallest absolute Gasteiger partial charge is 0.182 e. The van der Waals surface area contributed by atoms with Gasteiger partial charge in [-0.2, -0.15) is 0 Å². The molecule has 26 heavy (non-hydrogen) atoms. The monoisotopic (exact) mass is 420 g/mol. The van der Waals surface area contributed by atoms with E-state index in [0.29, 0.717) is 12.0 Å². The molecule has 0 saturated heterocycles. The van der Waals surface area contributed by atoms with Gasteiger partial charge < -0.3 is 0 Å². The second-order valence-corrected chi connectivity index (χ2v) is 8.52. The molecule has 2 unspecified atom stereocenters. The Balaban J connectivity index is 2.03. The highest BCUT2D eigenvalue weighted by Crippen LogP contribution is 2.25. The van der Waals surface area contributed by atoms with Crippen LogP contribution >= 0.6 is 34.8 Å². The molecule has 0 saturated carbocycles. The maximum absolute atomic E-state index is 11.7. The van der Waals surface area contributed by atoms with E-state index in [1.807, 2.05) is 0 Å². The Morgan fingerprint density at radius 3 is 1.85 bits per heavy atom. The van der Waals surface area contributed by atoms with Gasteiger partial charge in [0.2, 0.25) is 0 Å². The Morgan fingerprint density at radius 1 is 0.731 bits per heavy atom. The molecule has 0 aromatic carbocycles. The van der Waals surface area contributed by atoms with Gasteiger partial charge >= 0.3 is 0 Å². The summed E-state index contributed by atoms with van der Waals surface area (Å²) >= 11 is 18.4. The molecule has 5 heteroatoms. The topological polar surface area (TPSA) is 34.1 Å². The molecule has 0 heterocycles. The van der Waals surface area contributed by atoms with Crippen molar-refractivity contribution in [1.82, 2.24) is 0 Å². The van der Waals surface area contributed by atoms with Crippen molar-refractivity contribution in [2.24, 2.45) is 0 Å². The molecular formula is C21H31Cl3O2. The van der Waals surface area contributed by atoms with Gasteiger partial charge in [-0.3, -0.25) is 9.59 Å². The fraction of sp³-hybridized carbons (Fsp3) is 0.714. The van der Waals surface area contributed by atoms with Gasteiger partial charge in [0.15, 0.2) is 11.6 Å². The van der Waals surface area contributed by atoms with Crippen LogP contribution in [0.4, 0.5) is 0 Å². The van der Waals surface area contributed by atoms with E-state index in [4.69, 9.17) is 34.8 Å². The highest BCUT2D eigenvalue weighted by molar-refractivity contribution is 6.30. The highest BCUT2D eigenvalue weighted by Gasteiger charge is 2.22. The van der Waals surface area contributed by atoms with Gasteiger partial charge in [0.1, 0.15) is 0 Å². The summed E-state index contributed by atoms with van der Waals surface area (Å²) in [4.78, 5) is 23.1. The van der Waals surface area contributed by atoms with Crippen LogP contribution in [0.1, 0.15) is 77.0 Å². The Hall–Kier alpha value is -0.310. The zero-order valence-corrected chi connectivity index (χ0v) is 17.8. The van der Waals surface area contributed by atoms with E-state index in [9.17, 15) is 9.59 Å². The van der Waals surface area contributed by atoms with Crippen LogP contribution in [0.15, 0.2) is 23.8 Å². The Bertz CT molecular complexity index is 486. The number of carbonyl (C=O) groups excluding carboxylic acids is 2. The number of allylic oxidation sites excluding steroid dienone is 4. The number of hydrogen-bond donors (Lipinski definition) is 0. The van der Waals surface area contributed by atoms with Crippen molar-refractivity contribution in [3.8, 4) is 0 Å². The normalized spacial score (nSPS) is 16.7. The Morgan fingerprint density at radius 2 is 1.27 bits per heavy atom. The van der Waals surface area contributed by atoms with Gasteiger partial charge in [0, 0.05) is 11.5 Å². The van der Waals surface area contributed by atoms with Gasteiger partial charge in [0.25, 0.3) is 0 Å². The molecule has 0 fully saturated rings.